The van der Waals surface area contributed by atoms with Crippen LogP contribution in [0.15, 0.2) is 18.3 Å². The van der Waals surface area contributed by atoms with Gasteiger partial charge in [0.1, 0.15) is 0 Å². The van der Waals surface area contributed by atoms with Gasteiger partial charge < -0.3 is 9.80 Å². The standard InChI is InChI=1S/C12H15N5O3/c1-15-8-5-9(7-16(6-8)12(15)19)17-4-3-10(13-17)11(18)14-20-2/h3-5,8H,6-7H2,1-2H3,(H,14,18). The maximum absolute atomic E-state index is 11.9. The summed E-state index contributed by atoms with van der Waals surface area (Å²) in [5.41, 5.74) is 3.36. The van der Waals surface area contributed by atoms with Crippen LogP contribution in [0.1, 0.15) is 10.5 Å². The number of carbonyl (C=O) groups is 2. The van der Waals surface area contributed by atoms with Gasteiger partial charge in [0.05, 0.1) is 25.4 Å². The Morgan fingerprint density at radius 2 is 2.35 bits per heavy atom. The van der Waals surface area contributed by atoms with E-state index in [2.05, 4.69) is 15.4 Å². The molecule has 0 spiro atoms. The first-order chi connectivity index (χ1) is 9.60. The molecule has 106 valence electrons. The number of nitrogens with one attached hydrogen (secondary N) is 1. The van der Waals surface area contributed by atoms with Crippen LogP contribution >= 0.6 is 0 Å². The van der Waals surface area contributed by atoms with Crippen molar-refractivity contribution < 1.29 is 14.4 Å². The highest BCUT2D eigenvalue weighted by molar-refractivity contribution is 5.91. The van der Waals surface area contributed by atoms with Crippen molar-refractivity contribution in [2.45, 2.75) is 6.04 Å². The lowest BCUT2D eigenvalue weighted by molar-refractivity contribution is 0.0532. The smallest absolute Gasteiger partial charge is 0.319 e. The van der Waals surface area contributed by atoms with Crippen molar-refractivity contribution in [3.63, 3.8) is 0 Å². The fourth-order valence-electron chi connectivity index (χ4n) is 2.46. The molecule has 0 aromatic carbocycles. The molecule has 1 unspecified atom stereocenters. The molecule has 2 bridgehead atoms. The van der Waals surface area contributed by atoms with E-state index in [1.165, 1.54) is 7.11 Å². The summed E-state index contributed by atoms with van der Waals surface area (Å²) in [7, 11) is 3.15. The second kappa shape index (κ2) is 4.64. The van der Waals surface area contributed by atoms with Crippen LogP contribution in [0.3, 0.4) is 0 Å². The van der Waals surface area contributed by atoms with Crippen molar-refractivity contribution >= 4 is 17.6 Å². The van der Waals surface area contributed by atoms with Gasteiger partial charge in [-0.2, -0.15) is 5.10 Å². The molecule has 20 heavy (non-hydrogen) atoms. The van der Waals surface area contributed by atoms with Crippen molar-refractivity contribution in [2.75, 3.05) is 27.2 Å². The first kappa shape index (κ1) is 12.7. The third-order valence-corrected chi connectivity index (χ3v) is 3.53. The highest BCUT2D eigenvalue weighted by Gasteiger charge is 2.37. The van der Waals surface area contributed by atoms with Gasteiger partial charge in [-0.25, -0.2) is 15.0 Å². The van der Waals surface area contributed by atoms with E-state index in [0.29, 0.717) is 13.1 Å². The number of hydroxylamine groups is 1. The Morgan fingerprint density at radius 3 is 3.05 bits per heavy atom. The number of nitrogens with zero attached hydrogens (tertiary/aromatic N) is 4. The molecule has 1 aromatic rings. The number of carbonyl (C=O) groups excluding carboxylic acids is 2. The molecule has 3 amide bonds. The minimum Gasteiger partial charge on any atom is -0.319 e. The second-order valence-electron chi connectivity index (χ2n) is 4.78. The molecular formula is C12H15N5O3. The summed E-state index contributed by atoms with van der Waals surface area (Å²) in [5.74, 6) is -0.404. The lowest BCUT2D eigenvalue weighted by atomic mass is 10.2. The lowest BCUT2D eigenvalue weighted by Crippen LogP contribution is -2.31. The topological polar surface area (TPSA) is 79.7 Å². The third kappa shape index (κ3) is 1.94. The van der Waals surface area contributed by atoms with Crippen molar-refractivity contribution in [2.24, 2.45) is 0 Å². The first-order valence-electron chi connectivity index (χ1n) is 6.22. The molecule has 1 N–H and O–H groups in total. The zero-order valence-electron chi connectivity index (χ0n) is 11.2. The summed E-state index contributed by atoms with van der Waals surface area (Å²) < 4.78 is 1.62. The molecule has 8 nitrogen and oxygen atoms in total. The van der Waals surface area contributed by atoms with Gasteiger partial charge in [0.2, 0.25) is 0 Å². The number of fused-ring (bicyclic) bond motifs is 2. The highest BCUT2D eigenvalue weighted by atomic mass is 16.6. The predicted octanol–water partition coefficient (Wildman–Crippen LogP) is -0.235. The van der Waals surface area contributed by atoms with Gasteiger partial charge in [0.15, 0.2) is 5.69 Å². The number of urea groups is 1. The van der Waals surface area contributed by atoms with Crippen molar-refractivity contribution in [3.8, 4) is 0 Å². The summed E-state index contributed by atoms with van der Waals surface area (Å²) >= 11 is 0. The molecule has 3 rings (SSSR count). The number of amides is 3. The van der Waals surface area contributed by atoms with E-state index < -0.39 is 5.91 Å². The Bertz CT molecular complexity index is 594. The Morgan fingerprint density at radius 1 is 1.55 bits per heavy atom. The van der Waals surface area contributed by atoms with E-state index in [4.69, 9.17) is 0 Å². The van der Waals surface area contributed by atoms with E-state index in [-0.39, 0.29) is 17.8 Å². The Hall–Kier alpha value is -2.35. The summed E-state index contributed by atoms with van der Waals surface area (Å²) in [6, 6.07) is 1.68. The maximum atomic E-state index is 11.9. The molecule has 1 fully saturated rings. The van der Waals surface area contributed by atoms with Gasteiger partial charge in [-0.1, -0.05) is 0 Å². The van der Waals surface area contributed by atoms with Crippen LogP contribution in [-0.4, -0.2) is 64.8 Å². The molecule has 2 aliphatic heterocycles. The van der Waals surface area contributed by atoms with Crippen LogP contribution in [0.2, 0.25) is 0 Å². The molecule has 0 radical (unpaired) electrons. The number of likely N-dealkylation sites (N-methyl/N-ethyl adjacent to an activating group) is 1. The summed E-state index contributed by atoms with van der Waals surface area (Å²) in [4.78, 5) is 31.5. The monoisotopic (exact) mass is 277 g/mol. The fraction of sp³-hybridized carbons (Fsp3) is 0.417. The first-order valence-corrected chi connectivity index (χ1v) is 6.22. The van der Waals surface area contributed by atoms with Crippen molar-refractivity contribution in [1.82, 2.24) is 25.1 Å². The second-order valence-corrected chi connectivity index (χ2v) is 4.78. The fourth-order valence-corrected chi connectivity index (χ4v) is 2.46. The number of aromatic nitrogens is 2. The largest absolute Gasteiger partial charge is 0.320 e. The van der Waals surface area contributed by atoms with Crippen molar-refractivity contribution in [3.05, 3.63) is 24.0 Å². The van der Waals surface area contributed by atoms with E-state index >= 15 is 0 Å². The summed E-state index contributed by atoms with van der Waals surface area (Å²) in [6.45, 7) is 1.20. The minimum atomic E-state index is -0.404. The quantitative estimate of drug-likeness (QED) is 0.774. The minimum absolute atomic E-state index is 0.0192. The Balaban J connectivity index is 1.83. The maximum Gasteiger partial charge on any atom is 0.320 e. The van der Waals surface area contributed by atoms with E-state index in [1.54, 1.807) is 33.8 Å². The van der Waals surface area contributed by atoms with Crippen LogP contribution < -0.4 is 5.48 Å². The molecule has 3 heterocycles. The normalized spacial score (nSPS) is 21.2. The molecule has 0 aliphatic carbocycles. The van der Waals surface area contributed by atoms with Gasteiger partial charge in [-0.3, -0.25) is 9.63 Å². The van der Waals surface area contributed by atoms with Crippen LogP contribution in [0, 0.1) is 0 Å². The average molecular weight is 277 g/mol. The molecule has 1 saturated heterocycles. The Labute approximate surface area is 115 Å². The van der Waals surface area contributed by atoms with Crippen molar-refractivity contribution in [1.29, 1.82) is 0 Å². The van der Waals surface area contributed by atoms with Crippen LogP contribution in [0.4, 0.5) is 4.79 Å². The predicted molar refractivity (Wildman–Crippen MR) is 69.5 cm³/mol. The van der Waals surface area contributed by atoms with Gasteiger partial charge in [-0.05, 0) is 12.1 Å². The highest BCUT2D eigenvalue weighted by Crippen LogP contribution is 2.24. The summed E-state index contributed by atoms with van der Waals surface area (Å²) in [5, 5.41) is 4.20. The Kier molecular flexibility index (Phi) is 2.94. The van der Waals surface area contributed by atoms with Crippen LogP contribution in [-0.2, 0) is 4.84 Å². The van der Waals surface area contributed by atoms with Gasteiger partial charge in [-0.15, -0.1) is 0 Å². The van der Waals surface area contributed by atoms with Gasteiger partial charge in [0, 0.05) is 19.8 Å². The average Bonchev–Trinajstić information content (AvgIpc) is 3.01. The molecule has 0 saturated carbocycles. The lowest BCUT2D eigenvalue weighted by Gasteiger charge is -2.21. The zero-order valence-corrected chi connectivity index (χ0v) is 11.2. The van der Waals surface area contributed by atoms with Crippen LogP contribution in [0.5, 0.6) is 0 Å². The molecule has 2 aliphatic rings. The third-order valence-electron chi connectivity index (χ3n) is 3.53. The SMILES string of the molecule is CONC(=O)c1ccn(C2=CC3CN(C2)C(=O)N3C)n1. The number of hydrogen-bond donors (Lipinski definition) is 1. The van der Waals surface area contributed by atoms with Crippen LogP contribution in [0.25, 0.3) is 5.70 Å². The van der Waals surface area contributed by atoms with E-state index in [1.807, 2.05) is 6.08 Å². The molecular weight excluding hydrogens is 262 g/mol. The number of rotatable bonds is 3. The number of hydrogen-bond acceptors (Lipinski definition) is 4. The molecule has 1 aromatic heterocycles. The van der Waals surface area contributed by atoms with Gasteiger partial charge >= 0.3 is 6.03 Å². The van der Waals surface area contributed by atoms with Gasteiger partial charge in [0.25, 0.3) is 5.91 Å². The molecule has 8 heteroatoms. The van der Waals surface area contributed by atoms with E-state index in [0.717, 1.165) is 5.70 Å². The zero-order chi connectivity index (χ0) is 14.3. The molecule has 1 atom stereocenters. The van der Waals surface area contributed by atoms with E-state index in [9.17, 15) is 9.59 Å². The summed E-state index contributed by atoms with van der Waals surface area (Å²) in [6.07, 6.45) is 3.71.